The summed E-state index contributed by atoms with van der Waals surface area (Å²) in [7, 11) is 0.141. The maximum atomic E-state index is 12.7. The van der Waals surface area contributed by atoms with Crippen LogP contribution in [0.1, 0.15) is 62.6 Å². The van der Waals surface area contributed by atoms with Gasteiger partial charge in [0.2, 0.25) is 0 Å². The van der Waals surface area contributed by atoms with Gasteiger partial charge < -0.3 is 6.16 Å². The summed E-state index contributed by atoms with van der Waals surface area (Å²) in [4.78, 5) is 12.7. The average molecular weight is 364 g/mol. The molecular formula is C22H30LiO2P. The number of hydrogen-bond acceptors (Lipinski definition) is 2. The Morgan fingerprint density at radius 2 is 1.62 bits per heavy atom. The van der Waals surface area contributed by atoms with Gasteiger partial charge in [-0.25, -0.2) is 0 Å². The van der Waals surface area contributed by atoms with E-state index in [2.05, 4.69) is 53.7 Å². The number of carbonyl (C=O) groups is 1. The summed E-state index contributed by atoms with van der Waals surface area (Å²) in [6, 6.07) is 12.1. The van der Waals surface area contributed by atoms with Crippen LogP contribution in [0.4, 0.5) is 0 Å². The molecule has 136 valence electrons. The van der Waals surface area contributed by atoms with Crippen LogP contribution in [-0.2, 0) is 5.41 Å². The maximum absolute atomic E-state index is 12.7. The van der Waals surface area contributed by atoms with Gasteiger partial charge >= 0.3 is 18.9 Å². The minimum atomic E-state index is 0. The minimum Gasteiger partial charge on any atom is -1.00 e. The molecule has 0 aromatic heterocycles. The molecule has 26 heavy (non-hydrogen) atoms. The van der Waals surface area contributed by atoms with Gasteiger partial charge in [0.1, 0.15) is 5.75 Å². The first kappa shape index (κ1) is 23.0. The number of hydrogen-bond donors (Lipinski definition) is 0. The molecule has 1 atom stereocenters. The molecule has 0 aliphatic heterocycles. The molecule has 0 saturated heterocycles. The minimum absolute atomic E-state index is 0. The van der Waals surface area contributed by atoms with Gasteiger partial charge in [0, 0.05) is 5.56 Å². The van der Waals surface area contributed by atoms with Gasteiger partial charge in [-0.05, 0) is 68.4 Å². The zero-order chi connectivity index (χ0) is 18.6. The number of carbonyl (C=O) groups excluding carboxylic acids is 1. The monoisotopic (exact) mass is 364 g/mol. The van der Waals surface area contributed by atoms with Crippen molar-refractivity contribution in [2.75, 3.05) is 6.61 Å². The fourth-order valence-corrected chi connectivity index (χ4v) is 3.81. The fraction of sp³-hybridized carbons (Fsp3) is 0.409. The zero-order valence-corrected chi connectivity index (χ0v) is 18.2. The Hall–Kier alpha value is -1.06. The third kappa shape index (κ3) is 5.99. The van der Waals surface area contributed by atoms with Crippen LogP contribution in [0.15, 0.2) is 36.4 Å². The molecule has 0 bridgehead atoms. The molecule has 0 amide bonds. The quantitative estimate of drug-likeness (QED) is 0.582. The molecule has 2 rings (SSSR count). The summed E-state index contributed by atoms with van der Waals surface area (Å²) >= 11 is 0. The molecule has 0 saturated carbocycles. The summed E-state index contributed by atoms with van der Waals surface area (Å²) < 4.78 is 5.72. The van der Waals surface area contributed by atoms with Crippen LogP contribution in [-0.4, -0.2) is 12.1 Å². The molecule has 0 heterocycles. The zero-order valence-electron chi connectivity index (χ0n) is 18.2. The molecule has 0 fully saturated rings. The summed E-state index contributed by atoms with van der Waals surface area (Å²) in [6.45, 7) is 13.5. The Balaban J connectivity index is 0.00000338. The van der Waals surface area contributed by atoms with Gasteiger partial charge in [0.25, 0.3) is 0 Å². The van der Waals surface area contributed by atoms with Crippen molar-refractivity contribution < 1.29 is 29.8 Å². The smallest absolute Gasteiger partial charge is 1.00 e. The summed E-state index contributed by atoms with van der Waals surface area (Å²) in [5.41, 5.74) is 4.58. The molecule has 0 aliphatic rings. The van der Waals surface area contributed by atoms with E-state index >= 15 is 0 Å². The number of benzene rings is 2. The topological polar surface area (TPSA) is 26.3 Å². The van der Waals surface area contributed by atoms with E-state index in [1.807, 2.05) is 24.3 Å². The molecule has 4 heteroatoms. The van der Waals surface area contributed by atoms with E-state index < -0.39 is 0 Å². The SMILES string of the molecule is CCCOc1cc(C)c(PC(=O)c2ccc(C(C)(C)C)cc2)c(C)c1.[H-].[Li+]. The van der Waals surface area contributed by atoms with E-state index in [1.54, 1.807) is 0 Å². The number of ether oxygens (including phenoxy) is 1. The van der Waals surface area contributed by atoms with Gasteiger partial charge in [-0.3, -0.25) is 4.79 Å². The average Bonchev–Trinajstić information content (AvgIpc) is 2.55. The largest absolute Gasteiger partial charge is 1.00 e. The molecule has 0 radical (unpaired) electrons. The second-order valence-electron chi connectivity index (χ2n) is 7.56. The van der Waals surface area contributed by atoms with Gasteiger partial charge in [-0.2, -0.15) is 0 Å². The molecule has 1 unspecified atom stereocenters. The molecule has 0 aliphatic carbocycles. The van der Waals surface area contributed by atoms with Crippen molar-refractivity contribution in [3.8, 4) is 5.75 Å². The summed E-state index contributed by atoms with van der Waals surface area (Å²) in [5.74, 6) is 0.896. The van der Waals surface area contributed by atoms with Gasteiger partial charge in [-0.1, -0.05) is 52.0 Å². The Morgan fingerprint density at radius 3 is 2.08 bits per heavy atom. The predicted octanol–water partition coefficient (Wildman–Crippen LogP) is 2.65. The molecule has 0 N–H and O–H groups in total. The van der Waals surface area contributed by atoms with E-state index in [4.69, 9.17) is 4.74 Å². The second-order valence-corrected chi connectivity index (χ2v) is 8.77. The van der Waals surface area contributed by atoms with E-state index in [-0.39, 0.29) is 39.8 Å². The van der Waals surface area contributed by atoms with Crippen LogP contribution in [0.2, 0.25) is 0 Å². The van der Waals surface area contributed by atoms with Crippen molar-refractivity contribution in [1.82, 2.24) is 0 Å². The van der Waals surface area contributed by atoms with E-state index in [9.17, 15) is 4.79 Å². The standard InChI is InChI=1S/C22H29O2P.Li.H/c1-7-12-24-19-13-15(2)20(16(3)14-19)25-21(23)17-8-10-18(11-9-17)22(4,5)6;;/h8-11,13-14,25H,7,12H2,1-6H3;;/q;+1;-1. The van der Waals surface area contributed by atoms with Crippen molar-refractivity contribution >= 4 is 19.4 Å². The third-order valence-electron chi connectivity index (χ3n) is 4.23. The molecule has 2 nitrogen and oxygen atoms in total. The molecule has 2 aromatic carbocycles. The molecule has 0 spiro atoms. The van der Waals surface area contributed by atoms with Gasteiger partial charge in [0.15, 0.2) is 5.52 Å². The van der Waals surface area contributed by atoms with Gasteiger partial charge in [0.05, 0.1) is 6.61 Å². The van der Waals surface area contributed by atoms with Crippen LogP contribution < -0.4 is 28.9 Å². The summed E-state index contributed by atoms with van der Waals surface area (Å²) in [6.07, 6.45) is 0.991. The first-order chi connectivity index (χ1) is 11.7. The number of rotatable bonds is 6. The van der Waals surface area contributed by atoms with Crippen LogP contribution in [0, 0.1) is 13.8 Å². The Labute approximate surface area is 173 Å². The number of aryl methyl sites for hydroxylation is 2. The Morgan fingerprint density at radius 1 is 1.08 bits per heavy atom. The normalized spacial score (nSPS) is 11.5. The van der Waals surface area contributed by atoms with Crippen LogP contribution in [0.5, 0.6) is 5.75 Å². The predicted molar refractivity (Wildman–Crippen MR) is 110 cm³/mol. The molecule has 2 aromatic rings. The first-order valence-electron chi connectivity index (χ1n) is 8.88. The Bertz CT molecular complexity index is 729. The van der Waals surface area contributed by atoms with E-state index in [0.29, 0.717) is 0 Å². The first-order valence-corrected chi connectivity index (χ1v) is 9.88. The van der Waals surface area contributed by atoms with Crippen molar-refractivity contribution in [1.29, 1.82) is 0 Å². The summed E-state index contributed by atoms with van der Waals surface area (Å²) in [5, 5.41) is 1.13. The van der Waals surface area contributed by atoms with Crippen molar-refractivity contribution in [3.63, 3.8) is 0 Å². The second kappa shape index (κ2) is 9.75. The van der Waals surface area contributed by atoms with Gasteiger partial charge in [-0.15, -0.1) is 0 Å². The van der Waals surface area contributed by atoms with E-state index in [1.165, 1.54) is 5.56 Å². The van der Waals surface area contributed by atoms with Crippen molar-refractivity contribution in [3.05, 3.63) is 58.7 Å². The van der Waals surface area contributed by atoms with Crippen LogP contribution in [0.3, 0.4) is 0 Å². The van der Waals surface area contributed by atoms with Crippen LogP contribution in [0.25, 0.3) is 0 Å². The third-order valence-corrected chi connectivity index (χ3v) is 5.79. The molecular weight excluding hydrogens is 334 g/mol. The maximum Gasteiger partial charge on any atom is 1.00 e. The van der Waals surface area contributed by atoms with Crippen molar-refractivity contribution in [2.24, 2.45) is 0 Å². The fourth-order valence-electron chi connectivity index (χ4n) is 2.73. The Kier molecular flexibility index (Phi) is 8.62. The van der Waals surface area contributed by atoms with E-state index in [0.717, 1.165) is 40.8 Å². The van der Waals surface area contributed by atoms with Crippen molar-refractivity contribution in [2.45, 2.75) is 53.4 Å². The van der Waals surface area contributed by atoms with Crippen LogP contribution >= 0.6 is 8.58 Å².